The van der Waals surface area contributed by atoms with Gasteiger partial charge in [0.15, 0.2) is 0 Å². The minimum atomic E-state index is 1.03. The predicted octanol–water partition coefficient (Wildman–Crippen LogP) is 3.30. The predicted molar refractivity (Wildman–Crippen MR) is 69.5 cm³/mol. The average Bonchev–Trinajstić information content (AvgIpc) is 2.79. The minimum absolute atomic E-state index is 1.03. The molecule has 0 radical (unpaired) electrons. The molecule has 1 nitrogen and oxygen atoms in total. The number of piperidine rings is 1. The summed E-state index contributed by atoms with van der Waals surface area (Å²) in [5.74, 6) is 4.97. The molecule has 2 rings (SSSR count). The summed E-state index contributed by atoms with van der Waals surface area (Å²) < 4.78 is 0. The third-order valence-electron chi connectivity index (χ3n) is 3.96. The van der Waals surface area contributed by atoms with E-state index in [4.69, 9.17) is 0 Å². The molecule has 2 aliphatic rings. The third kappa shape index (κ3) is 4.36. The Balaban J connectivity index is 1.47. The molecule has 0 atom stereocenters. The summed E-state index contributed by atoms with van der Waals surface area (Å²) in [6.45, 7) is 2.52. The molecule has 0 spiro atoms. The van der Waals surface area contributed by atoms with Crippen LogP contribution in [0.25, 0.3) is 0 Å². The smallest absolute Gasteiger partial charge is 0.00391 e. The van der Waals surface area contributed by atoms with E-state index in [0.29, 0.717) is 0 Å². The molecule has 0 unspecified atom stereocenters. The molecule has 0 bridgehead atoms. The molecule has 2 heteroatoms. The monoisotopic (exact) mass is 227 g/mol. The lowest BCUT2D eigenvalue weighted by Gasteiger charge is -2.22. The molecule has 0 aromatic rings. The van der Waals surface area contributed by atoms with Crippen LogP contribution in [0.3, 0.4) is 0 Å². The molecule has 1 N–H and O–H groups in total. The van der Waals surface area contributed by atoms with Crippen LogP contribution >= 0.6 is 11.8 Å². The van der Waals surface area contributed by atoms with Gasteiger partial charge in [0.2, 0.25) is 0 Å². The lowest BCUT2D eigenvalue weighted by Crippen LogP contribution is -2.27. The molecule has 1 heterocycles. The summed E-state index contributed by atoms with van der Waals surface area (Å²) in [6, 6.07) is 0. The van der Waals surface area contributed by atoms with Crippen molar-refractivity contribution in [2.45, 2.75) is 44.9 Å². The largest absolute Gasteiger partial charge is 0.317 e. The van der Waals surface area contributed by atoms with Crippen molar-refractivity contribution in [1.29, 1.82) is 0 Å². The Hall–Kier alpha value is 0.310. The number of hydrogen-bond acceptors (Lipinski definition) is 2. The second-order valence-electron chi connectivity index (χ2n) is 5.21. The van der Waals surface area contributed by atoms with Gasteiger partial charge in [-0.1, -0.05) is 12.8 Å². The van der Waals surface area contributed by atoms with Crippen LogP contribution in [0, 0.1) is 11.8 Å². The zero-order chi connectivity index (χ0) is 10.3. The van der Waals surface area contributed by atoms with Gasteiger partial charge < -0.3 is 5.32 Å². The molecule has 1 aliphatic carbocycles. The van der Waals surface area contributed by atoms with Crippen molar-refractivity contribution in [2.75, 3.05) is 24.6 Å². The Kier molecular flexibility index (Phi) is 5.34. The second kappa shape index (κ2) is 6.80. The fourth-order valence-corrected chi connectivity index (χ4v) is 4.18. The maximum absolute atomic E-state index is 3.44. The Morgan fingerprint density at radius 3 is 2.40 bits per heavy atom. The van der Waals surface area contributed by atoms with E-state index in [1.165, 1.54) is 69.5 Å². The van der Waals surface area contributed by atoms with E-state index < -0.39 is 0 Å². The molecule has 88 valence electrons. The first-order valence-corrected chi connectivity index (χ1v) is 7.89. The van der Waals surface area contributed by atoms with Gasteiger partial charge in [-0.2, -0.15) is 11.8 Å². The van der Waals surface area contributed by atoms with Crippen LogP contribution < -0.4 is 5.32 Å². The summed E-state index contributed by atoms with van der Waals surface area (Å²) in [5.41, 5.74) is 0. The zero-order valence-corrected chi connectivity index (χ0v) is 10.7. The number of hydrogen-bond donors (Lipinski definition) is 1. The summed E-state index contributed by atoms with van der Waals surface area (Å²) in [7, 11) is 0. The maximum Gasteiger partial charge on any atom is -0.00391 e. The topological polar surface area (TPSA) is 12.0 Å². The van der Waals surface area contributed by atoms with Crippen molar-refractivity contribution < 1.29 is 0 Å². The van der Waals surface area contributed by atoms with Crippen LogP contribution in [0.1, 0.15) is 44.9 Å². The van der Waals surface area contributed by atoms with Gasteiger partial charge in [0.25, 0.3) is 0 Å². The van der Waals surface area contributed by atoms with Crippen LogP contribution in [0.5, 0.6) is 0 Å². The average molecular weight is 227 g/mol. The quantitative estimate of drug-likeness (QED) is 0.723. The highest BCUT2D eigenvalue weighted by atomic mass is 32.2. The highest BCUT2D eigenvalue weighted by Crippen LogP contribution is 2.28. The molecule has 1 saturated carbocycles. The van der Waals surface area contributed by atoms with Crippen LogP contribution in [-0.4, -0.2) is 24.6 Å². The molecular weight excluding hydrogens is 202 g/mol. The van der Waals surface area contributed by atoms with E-state index >= 15 is 0 Å². The molecule has 0 aromatic carbocycles. The summed E-state index contributed by atoms with van der Waals surface area (Å²) >= 11 is 2.22. The minimum Gasteiger partial charge on any atom is -0.317 e. The summed E-state index contributed by atoms with van der Waals surface area (Å²) in [6.07, 6.45) is 10.3. The first-order chi connectivity index (χ1) is 7.45. The molecule has 1 aliphatic heterocycles. The lowest BCUT2D eigenvalue weighted by molar-refractivity contribution is 0.367. The van der Waals surface area contributed by atoms with Crippen molar-refractivity contribution in [2.24, 2.45) is 11.8 Å². The molecule has 0 aromatic heterocycles. The van der Waals surface area contributed by atoms with Gasteiger partial charge in [-0.25, -0.2) is 0 Å². The standard InChI is InChI=1S/C13H25NS/c1-2-4-13(3-1)11-15-10-7-12-5-8-14-9-6-12/h12-14H,1-11H2. The van der Waals surface area contributed by atoms with E-state index in [1.807, 2.05) is 0 Å². The first kappa shape index (κ1) is 11.8. The van der Waals surface area contributed by atoms with Crippen molar-refractivity contribution in [3.63, 3.8) is 0 Å². The summed E-state index contributed by atoms with van der Waals surface area (Å²) in [5, 5.41) is 3.44. The summed E-state index contributed by atoms with van der Waals surface area (Å²) in [4.78, 5) is 0. The van der Waals surface area contributed by atoms with Crippen molar-refractivity contribution in [1.82, 2.24) is 5.32 Å². The molecule has 0 amide bonds. The van der Waals surface area contributed by atoms with Crippen molar-refractivity contribution in [3.8, 4) is 0 Å². The van der Waals surface area contributed by atoms with Gasteiger partial charge in [-0.15, -0.1) is 0 Å². The lowest BCUT2D eigenvalue weighted by atomic mass is 9.96. The van der Waals surface area contributed by atoms with Gasteiger partial charge >= 0.3 is 0 Å². The Bertz CT molecular complexity index is 160. The number of rotatable bonds is 5. The second-order valence-corrected chi connectivity index (χ2v) is 6.36. The molecule has 15 heavy (non-hydrogen) atoms. The van der Waals surface area contributed by atoms with Gasteiger partial charge in [0.05, 0.1) is 0 Å². The van der Waals surface area contributed by atoms with Crippen LogP contribution in [0.15, 0.2) is 0 Å². The highest BCUT2D eigenvalue weighted by molar-refractivity contribution is 7.99. The molecule has 1 saturated heterocycles. The number of nitrogens with one attached hydrogen (secondary N) is 1. The normalized spacial score (nSPS) is 24.8. The van der Waals surface area contributed by atoms with Crippen molar-refractivity contribution in [3.05, 3.63) is 0 Å². The van der Waals surface area contributed by atoms with Gasteiger partial charge in [0.1, 0.15) is 0 Å². The zero-order valence-electron chi connectivity index (χ0n) is 9.84. The number of thioether (sulfide) groups is 1. The van der Waals surface area contributed by atoms with E-state index in [-0.39, 0.29) is 0 Å². The van der Waals surface area contributed by atoms with Crippen LogP contribution in [0.4, 0.5) is 0 Å². The fourth-order valence-electron chi connectivity index (χ4n) is 2.85. The maximum atomic E-state index is 3.44. The van der Waals surface area contributed by atoms with E-state index in [0.717, 1.165) is 11.8 Å². The van der Waals surface area contributed by atoms with Gasteiger partial charge in [-0.3, -0.25) is 0 Å². The van der Waals surface area contributed by atoms with Crippen molar-refractivity contribution >= 4 is 11.8 Å². The Morgan fingerprint density at radius 1 is 0.933 bits per heavy atom. The van der Waals surface area contributed by atoms with E-state index in [1.54, 1.807) is 0 Å². The first-order valence-electron chi connectivity index (χ1n) is 6.73. The molecular formula is C13H25NS. The van der Waals surface area contributed by atoms with E-state index in [9.17, 15) is 0 Å². The van der Waals surface area contributed by atoms with Crippen LogP contribution in [-0.2, 0) is 0 Å². The molecule has 2 fully saturated rings. The van der Waals surface area contributed by atoms with Gasteiger partial charge in [0, 0.05) is 0 Å². The van der Waals surface area contributed by atoms with Gasteiger partial charge in [-0.05, 0) is 68.5 Å². The Labute approximate surface area is 98.8 Å². The SMILES string of the molecule is C1CCC(CSCCC2CCNCC2)C1. The third-order valence-corrected chi connectivity index (χ3v) is 5.19. The van der Waals surface area contributed by atoms with Crippen LogP contribution in [0.2, 0.25) is 0 Å². The highest BCUT2D eigenvalue weighted by Gasteiger charge is 2.16. The fraction of sp³-hybridized carbons (Fsp3) is 1.00. The Morgan fingerprint density at radius 2 is 1.67 bits per heavy atom. The van der Waals surface area contributed by atoms with E-state index in [2.05, 4.69) is 17.1 Å².